The molecule has 1 aromatic carbocycles. The average molecular weight is 287 g/mol. The first-order chi connectivity index (χ1) is 9.84. The predicted molar refractivity (Wildman–Crippen MR) is 89.1 cm³/mol. The van der Waals surface area contributed by atoms with Crippen molar-refractivity contribution >= 4 is 5.78 Å². The van der Waals surface area contributed by atoms with Crippen molar-refractivity contribution in [3.05, 3.63) is 34.4 Å². The first-order valence-electron chi connectivity index (χ1n) is 8.18. The molecule has 0 amide bonds. The van der Waals surface area contributed by atoms with Crippen molar-refractivity contribution < 1.29 is 4.79 Å². The molecule has 1 saturated heterocycles. The molecule has 0 bridgehead atoms. The van der Waals surface area contributed by atoms with Crippen molar-refractivity contribution in [2.45, 2.75) is 53.9 Å². The SMILES string of the molecule is CCC1(C)CCN(CC(=O)c2c(C)cc(C)cc2C)CC1. The van der Waals surface area contributed by atoms with Crippen LogP contribution in [-0.4, -0.2) is 30.3 Å². The summed E-state index contributed by atoms with van der Waals surface area (Å²) in [6.07, 6.45) is 3.66. The summed E-state index contributed by atoms with van der Waals surface area (Å²) in [7, 11) is 0. The standard InChI is InChI=1S/C19H29NO/c1-6-19(5)7-9-20(10-8-19)13-17(21)18-15(3)11-14(2)12-16(18)4/h11-12H,6-10,13H2,1-5H3. The predicted octanol–water partition coefficient (Wildman–Crippen LogP) is 4.31. The van der Waals surface area contributed by atoms with Crippen LogP contribution in [-0.2, 0) is 0 Å². The second-order valence-electron chi connectivity index (χ2n) is 7.14. The van der Waals surface area contributed by atoms with Crippen LogP contribution in [0.15, 0.2) is 12.1 Å². The monoisotopic (exact) mass is 287 g/mol. The van der Waals surface area contributed by atoms with Crippen molar-refractivity contribution in [1.82, 2.24) is 4.90 Å². The lowest BCUT2D eigenvalue weighted by molar-refractivity contribution is 0.0812. The molecule has 0 aromatic heterocycles. The van der Waals surface area contributed by atoms with Crippen LogP contribution in [0.3, 0.4) is 0 Å². The number of carbonyl (C=O) groups is 1. The van der Waals surface area contributed by atoms with Crippen LogP contribution in [0.1, 0.15) is 60.2 Å². The number of carbonyl (C=O) groups excluding carboxylic acids is 1. The normalized spacial score (nSPS) is 18.7. The number of aryl methyl sites for hydroxylation is 3. The van der Waals surface area contributed by atoms with Gasteiger partial charge in [0.15, 0.2) is 5.78 Å². The lowest BCUT2D eigenvalue weighted by Crippen LogP contribution is -2.41. The number of Topliss-reactive ketones (excluding diaryl/α,β-unsaturated/α-hetero) is 1. The fourth-order valence-electron chi connectivity index (χ4n) is 3.51. The van der Waals surface area contributed by atoms with E-state index in [1.165, 1.54) is 24.8 Å². The van der Waals surface area contributed by atoms with E-state index in [0.717, 1.165) is 29.8 Å². The Morgan fingerprint density at radius 2 is 1.67 bits per heavy atom. The van der Waals surface area contributed by atoms with Crippen LogP contribution >= 0.6 is 0 Å². The molecule has 0 spiro atoms. The highest BCUT2D eigenvalue weighted by atomic mass is 16.1. The maximum atomic E-state index is 12.7. The van der Waals surface area contributed by atoms with Gasteiger partial charge in [0.05, 0.1) is 6.54 Å². The van der Waals surface area contributed by atoms with E-state index in [1.807, 2.05) is 0 Å². The van der Waals surface area contributed by atoms with Gasteiger partial charge in [-0.2, -0.15) is 0 Å². The number of ketones is 1. The molecule has 2 heteroatoms. The van der Waals surface area contributed by atoms with E-state index in [9.17, 15) is 4.79 Å². The highest BCUT2D eigenvalue weighted by Gasteiger charge is 2.29. The molecule has 0 saturated carbocycles. The van der Waals surface area contributed by atoms with Gasteiger partial charge in [-0.3, -0.25) is 9.69 Å². The fraction of sp³-hybridized carbons (Fsp3) is 0.632. The van der Waals surface area contributed by atoms with Gasteiger partial charge in [0.1, 0.15) is 0 Å². The summed E-state index contributed by atoms with van der Waals surface area (Å²) < 4.78 is 0. The van der Waals surface area contributed by atoms with Gasteiger partial charge in [0, 0.05) is 5.56 Å². The van der Waals surface area contributed by atoms with E-state index < -0.39 is 0 Å². The molecule has 2 nitrogen and oxygen atoms in total. The molecular weight excluding hydrogens is 258 g/mol. The summed E-state index contributed by atoms with van der Waals surface area (Å²) in [5, 5.41) is 0. The van der Waals surface area contributed by atoms with Gasteiger partial charge in [-0.05, 0) is 63.2 Å². The Morgan fingerprint density at radius 1 is 1.14 bits per heavy atom. The Morgan fingerprint density at radius 3 is 2.14 bits per heavy atom. The van der Waals surface area contributed by atoms with Crippen LogP contribution in [0.4, 0.5) is 0 Å². The van der Waals surface area contributed by atoms with Crippen LogP contribution < -0.4 is 0 Å². The van der Waals surface area contributed by atoms with Crippen LogP contribution in [0.5, 0.6) is 0 Å². The molecule has 1 aliphatic rings. The zero-order valence-electron chi connectivity index (χ0n) is 14.3. The van der Waals surface area contributed by atoms with E-state index in [0.29, 0.717) is 12.0 Å². The van der Waals surface area contributed by atoms with Crippen molar-refractivity contribution in [2.24, 2.45) is 5.41 Å². The second-order valence-corrected chi connectivity index (χ2v) is 7.14. The van der Waals surface area contributed by atoms with E-state index in [1.54, 1.807) is 0 Å². The molecule has 1 aliphatic heterocycles. The van der Waals surface area contributed by atoms with E-state index >= 15 is 0 Å². The molecule has 1 aromatic rings. The number of piperidine rings is 1. The molecule has 0 N–H and O–H groups in total. The Kier molecular flexibility index (Phi) is 4.88. The molecular formula is C19H29NO. The minimum atomic E-state index is 0.283. The second kappa shape index (κ2) is 6.31. The van der Waals surface area contributed by atoms with E-state index in [2.05, 4.69) is 51.7 Å². The summed E-state index contributed by atoms with van der Waals surface area (Å²) >= 11 is 0. The zero-order chi connectivity index (χ0) is 15.6. The lowest BCUT2D eigenvalue weighted by Gasteiger charge is -2.38. The zero-order valence-corrected chi connectivity index (χ0v) is 14.3. The Bertz CT molecular complexity index is 501. The van der Waals surface area contributed by atoms with Crippen LogP contribution in [0.2, 0.25) is 0 Å². The topological polar surface area (TPSA) is 20.3 Å². The minimum absolute atomic E-state index is 0.283. The number of likely N-dealkylation sites (tertiary alicyclic amines) is 1. The van der Waals surface area contributed by atoms with Gasteiger partial charge >= 0.3 is 0 Å². The van der Waals surface area contributed by atoms with Gasteiger partial charge in [0.2, 0.25) is 0 Å². The maximum Gasteiger partial charge on any atom is 0.177 e. The average Bonchev–Trinajstić information content (AvgIpc) is 2.40. The highest BCUT2D eigenvalue weighted by molar-refractivity contribution is 6.00. The Hall–Kier alpha value is -1.15. The molecule has 2 rings (SSSR count). The van der Waals surface area contributed by atoms with Gasteiger partial charge in [-0.15, -0.1) is 0 Å². The largest absolute Gasteiger partial charge is 0.296 e. The summed E-state index contributed by atoms with van der Waals surface area (Å²) in [4.78, 5) is 15.0. The molecule has 0 unspecified atom stereocenters. The highest BCUT2D eigenvalue weighted by Crippen LogP contribution is 2.33. The first kappa shape index (κ1) is 16.2. The lowest BCUT2D eigenvalue weighted by atomic mass is 9.78. The van der Waals surface area contributed by atoms with Crippen molar-refractivity contribution in [3.8, 4) is 0 Å². The minimum Gasteiger partial charge on any atom is -0.296 e. The first-order valence-corrected chi connectivity index (χ1v) is 8.18. The third-order valence-corrected chi connectivity index (χ3v) is 5.24. The molecule has 116 valence electrons. The maximum absolute atomic E-state index is 12.7. The number of rotatable bonds is 4. The molecule has 1 heterocycles. The summed E-state index contributed by atoms with van der Waals surface area (Å²) in [6, 6.07) is 4.23. The molecule has 1 fully saturated rings. The van der Waals surface area contributed by atoms with Crippen molar-refractivity contribution in [2.75, 3.05) is 19.6 Å². The summed E-state index contributed by atoms with van der Waals surface area (Å²) in [6.45, 7) is 13.5. The molecule has 0 aliphatic carbocycles. The molecule has 21 heavy (non-hydrogen) atoms. The van der Waals surface area contributed by atoms with Gasteiger partial charge < -0.3 is 0 Å². The van der Waals surface area contributed by atoms with Gasteiger partial charge in [0.25, 0.3) is 0 Å². The smallest absolute Gasteiger partial charge is 0.177 e. The summed E-state index contributed by atoms with van der Waals surface area (Å²) in [5.41, 5.74) is 4.89. The van der Waals surface area contributed by atoms with Gasteiger partial charge in [-0.1, -0.05) is 38.0 Å². The van der Waals surface area contributed by atoms with Crippen LogP contribution in [0, 0.1) is 26.2 Å². The van der Waals surface area contributed by atoms with Crippen molar-refractivity contribution in [3.63, 3.8) is 0 Å². The summed E-state index contributed by atoms with van der Waals surface area (Å²) in [5.74, 6) is 0.283. The third-order valence-electron chi connectivity index (χ3n) is 5.24. The Labute approximate surface area is 129 Å². The quantitative estimate of drug-likeness (QED) is 0.769. The van der Waals surface area contributed by atoms with E-state index in [-0.39, 0.29) is 5.78 Å². The van der Waals surface area contributed by atoms with E-state index in [4.69, 9.17) is 0 Å². The van der Waals surface area contributed by atoms with Crippen molar-refractivity contribution in [1.29, 1.82) is 0 Å². The molecule has 0 radical (unpaired) electrons. The Balaban J connectivity index is 2.03. The number of hydrogen-bond acceptors (Lipinski definition) is 2. The number of benzene rings is 1. The number of hydrogen-bond donors (Lipinski definition) is 0. The molecule has 0 atom stereocenters. The number of nitrogens with zero attached hydrogens (tertiary/aromatic N) is 1. The van der Waals surface area contributed by atoms with Gasteiger partial charge in [-0.25, -0.2) is 0 Å². The van der Waals surface area contributed by atoms with Crippen LogP contribution in [0.25, 0.3) is 0 Å². The third kappa shape index (κ3) is 3.74. The fourth-order valence-corrected chi connectivity index (χ4v) is 3.51.